The molecule has 0 saturated carbocycles. The normalized spacial score (nSPS) is 17.7. The van der Waals surface area contributed by atoms with Gasteiger partial charge < -0.3 is 24.3 Å². The second-order valence-corrected chi connectivity index (χ2v) is 8.67. The summed E-state index contributed by atoms with van der Waals surface area (Å²) in [5.74, 6) is 1.21. The van der Waals surface area contributed by atoms with Gasteiger partial charge in [0.2, 0.25) is 0 Å². The van der Waals surface area contributed by atoms with Crippen LogP contribution in [-0.2, 0) is 4.79 Å². The van der Waals surface area contributed by atoms with Crippen molar-refractivity contribution >= 4 is 17.3 Å². The Morgan fingerprint density at radius 3 is 2.23 bits per heavy atom. The highest BCUT2D eigenvalue weighted by Gasteiger charge is 2.28. The van der Waals surface area contributed by atoms with Crippen LogP contribution < -0.4 is 19.4 Å². The van der Waals surface area contributed by atoms with Crippen LogP contribution in [0.25, 0.3) is 0 Å². The minimum atomic E-state index is 0.293. The summed E-state index contributed by atoms with van der Waals surface area (Å²) in [6.07, 6.45) is 0. The van der Waals surface area contributed by atoms with Crippen LogP contribution in [-0.4, -0.2) is 76.8 Å². The summed E-state index contributed by atoms with van der Waals surface area (Å²) in [6.45, 7) is 12.2. The van der Waals surface area contributed by atoms with E-state index in [9.17, 15) is 4.79 Å². The number of benzene rings is 2. The average molecular weight is 424 g/mol. The summed E-state index contributed by atoms with van der Waals surface area (Å²) < 4.78 is 5.51. The fourth-order valence-corrected chi connectivity index (χ4v) is 4.73. The summed E-state index contributed by atoms with van der Waals surface area (Å²) in [6, 6.07) is 14.7. The summed E-state index contributed by atoms with van der Waals surface area (Å²) in [7, 11) is 1.72. The van der Waals surface area contributed by atoms with E-state index in [4.69, 9.17) is 4.74 Å². The molecule has 0 radical (unpaired) electrons. The number of piperazine rings is 2. The Kier molecular flexibility index (Phi) is 6.66. The van der Waals surface area contributed by atoms with Crippen LogP contribution in [0, 0.1) is 13.8 Å². The summed E-state index contributed by atoms with van der Waals surface area (Å²) in [4.78, 5) is 21.2. The molecule has 4 rings (SSSR count). The fraction of sp³-hybridized carbons (Fsp3) is 0.480. The van der Waals surface area contributed by atoms with E-state index in [2.05, 4.69) is 58.9 Å². The number of nitrogens with zero attached hydrogens (tertiary/aromatic N) is 3. The second kappa shape index (κ2) is 9.60. The number of quaternary nitrogens is 1. The Morgan fingerprint density at radius 1 is 0.871 bits per heavy atom. The molecule has 1 N–H and O–H groups in total. The van der Waals surface area contributed by atoms with Crippen LogP contribution in [0.4, 0.5) is 11.4 Å². The lowest BCUT2D eigenvalue weighted by molar-refractivity contribution is -0.892. The molecule has 31 heavy (non-hydrogen) atoms. The number of ether oxygens (including phenoxy) is 1. The maximum absolute atomic E-state index is 12.9. The van der Waals surface area contributed by atoms with E-state index >= 15 is 0 Å². The smallest absolute Gasteiger partial charge is 0.277 e. The Bertz CT molecular complexity index is 900. The second-order valence-electron chi connectivity index (χ2n) is 8.67. The zero-order chi connectivity index (χ0) is 21.8. The predicted octanol–water partition coefficient (Wildman–Crippen LogP) is 1.37. The van der Waals surface area contributed by atoms with Crippen molar-refractivity contribution in [1.82, 2.24) is 4.90 Å². The van der Waals surface area contributed by atoms with Gasteiger partial charge in [0.05, 0.1) is 39.0 Å². The van der Waals surface area contributed by atoms with E-state index in [-0.39, 0.29) is 0 Å². The van der Waals surface area contributed by atoms with Gasteiger partial charge in [-0.3, -0.25) is 4.79 Å². The van der Waals surface area contributed by atoms with Crippen molar-refractivity contribution in [2.24, 2.45) is 0 Å². The SMILES string of the molecule is COc1ccccc1N1CC[NH+](CC(=O)N2CCN(c3cccc(C)c3C)CC2)CC1. The van der Waals surface area contributed by atoms with Crippen LogP contribution in [0.15, 0.2) is 42.5 Å². The monoisotopic (exact) mass is 423 g/mol. The number of nitrogens with one attached hydrogen (secondary N) is 1. The standard InChI is InChI=1S/C25H34N4O2/c1-20-7-6-9-22(21(20)2)27-15-17-29(18-16-27)25(30)19-26-11-13-28(14-12-26)23-8-4-5-10-24(23)31-3/h4-10H,11-19H2,1-3H3/p+1. The first-order chi connectivity index (χ1) is 15.1. The lowest BCUT2D eigenvalue weighted by atomic mass is 10.1. The predicted molar refractivity (Wildman–Crippen MR) is 125 cm³/mol. The molecule has 6 heteroatoms. The van der Waals surface area contributed by atoms with Gasteiger partial charge in [0.15, 0.2) is 6.54 Å². The molecule has 0 spiro atoms. The molecule has 0 aromatic heterocycles. The quantitative estimate of drug-likeness (QED) is 0.789. The van der Waals surface area contributed by atoms with Gasteiger partial charge >= 0.3 is 0 Å². The Hall–Kier alpha value is -2.73. The molecule has 2 aromatic carbocycles. The highest BCUT2D eigenvalue weighted by atomic mass is 16.5. The van der Waals surface area contributed by atoms with Gasteiger partial charge in [0.1, 0.15) is 5.75 Å². The van der Waals surface area contributed by atoms with Gasteiger partial charge in [-0.25, -0.2) is 0 Å². The number of hydrogen-bond donors (Lipinski definition) is 1. The van der Waals surface area contributed by atoms with E-state index in [0.717, 1.165) is 63.8 Å². The molecule has 0 aliphatic carbocycles. The molecule has 6 nitrogen and oxygen atoms in total. The van der Waals surface area contributed by atoms with Crippen molar-refractivity contribution in [2.45, 2.75) is 13.8 Å². The molecule has 0 bridgehead atoms. The number of methoxy groups -OCH3 is 1. The Morgan fingerprint density at radius 2 is 1.52 bits per heavy atom. The van der Waals surface area contributed by atoms with Crippen LogP contribution in [0.3, 0.4) is 0 Å². The van der Waals surface area contributed by atoms with Crippen LogP contribution in [0.1, 0.15) is 11.1 Å². The molecule has 2 aliphatic heterocycles. The van der Waals surface area contributed by atoms with Crippen LogP contribution in [0.5, 0.6) is 5.75 Å². The van der Waals surface area contributed by atoms with Crippen LogP contribution in [0.2, 0.25) is 0 Å². The Labute approximate surface area is 186 Å². The zero-order valence-electron chi connectivity index (χ0n) is 19.1. The van der Waals surface area contributed by atoms with Crippen molar-refractivity contribution < 1.29 is 14.4 Å². The molecule has 2 aliphatic rings. The van der Waals surface area contributed by atoms with Crippen molar-refractivity contribution in [1.29, 1.82) is 0 Å². The molecule has 0 unspecified atom stereocenters. The molecular formula is C25H35N4O2+. The number of aryl methyl sites for hydroxylation is 1. The average Bonchev–Trinajstić information content (AvgIpc) is 2.81. The van der Waals surface area contributed by atoms with Gasteiger partial charge in [0, 0.05) is 31.9 Å². The third kappa shape index (κ3) is 4.79. The number of carbonyl (C=O) groups is 1. The van der Waals surface area contributed by atoms with Gasteiger partial charge in [-0.05, 0) is 43.2 Å². The Balaban J connectivity index is 1.26. The molecule has 166 valence electrons. The summed E-state index contributed by atoms with van der Waals surface area (Å²) in [5.41, 5.74) is 5.13. The van der Waals surface area contributed by atoms with Gasteiger partial charge in [-0.1, -0.05) is 24.3 Å². The first kappa shape index (κ1) is 21.5. The van der Waals surface area contributed by atoms with E-state index in [0.29, 0.717) is 12.5 Å². The highest BCUT2D eigenvalue weighted by Crippen LogP contribution is 2.27. The maximum Gasteiger partial charge on any atom is 0.277 e. The van der Waals surface area contributed by atoms with Crippen molar-refractivity contribution in [3.8, 4) is 5.75 Å². The molecule has 2 saturated heterocycles. The molecule has 1 amide bonds. The van der Waals surface area contributed by atoms with Gasteiger partial charge in [0.25, 0.3) is 5.91 Å². The lowest BCUT2D eigenvalue weighted by Gasteiger charge is -2.38. The zero-order valence-corrected chi connectivity index (χ0v) is 19.1. The van der Waals surface area contributed by atoms with E-state index < -0.39 is 0 Å². The first-order valence-corrected chi connectivity index (χ1v) is 11.4. The molecule has 0 atom stereocenters. The number of para-hydroxylation sites is 2. The third-order valence-electron chi connectivity index (χ3n) is 6.85. The van der Waals surface area contributed by atoms with Gasteiger partial charge in [-0.15, -0.1) is 0 Å². The number of hydrogen-bond acceptors (Lipinski definition) is 4. The van der Waals surface area contributed by atoms with Crippen molar-refractivity contribution in [2.75, 3.05) is 75.8 Å². The molecule has 2 fully saturated rings. The van der Waals surface area contributed by atoms with E-state index in [1.165, 1.54) is 21.7 Å². The largest absolute Gasteiger partial charge is 0.495 e. The minimum Gasteiger partial charge on any atom is -0.495 e. The van der Waals surface area contributed by atoms with E-state index in [1.807, 2.05) is 12.1 Å². The maximum atomic E-state index is 12.9. The minimum absolute atomic E-state index is 0.293. The molecular weight excluding hydrogens is 388 g/mol. The summed E-state index contributed by atoms with van der Waals surface area (Å²) in [5, 5.41) is 0. The number of anilines is 2. The number of rotatable bonds is 5. The fourth-order valence-electron chi connectivity index (χ4n) is 4.73. The number of carbonyl (C=O) groups excluding carboxylic acids is 1. The van der Waals surface area contributed by atoms with Crippen molar-refractivity contribution in [3.63, 3.8) is 0 Å². The number of amides is 1. The lowest BCUT2D eigenvalue weighted by Crippen LogP contribution is -3.16. The highest BCUT2D eigenvalue weighted by molar-refractivity contribution is 5.77. The van der Waals surface area contributed by atoms with Crippen LogP contribution >= 0.6 is 0 Å². The van der Waals surface area contributed by atoms with Crippen molar-refractivity contribution in [3.05, 3.63) is 53.6 Å². The molecule has 2 heterocycles. The first-order valence-electron chi connectivity index (χ1n) is 11.4. The third-order valence-corrected chi connectivity index (χ3v) is 6.85. The van der Waals surface area contributed by atoms with E-state index in [1.54, 1.807) is 7.11 Å². The van der Waals surface area contributed by atoms with Gasteiger partial charge in [-0.2, -0.15) is 0 Å². The molecule has 2 aromatic rings. The summed E-state index contributed by atoms with van der Waals surface area (Å²) >= 11 is 0. The topological polar surface area (TPSA) is 40.5 Å².